The van der Waals surface area contributed by atoms with E-state index in [2.05, 4.69) is 8.75 Å². The summed E-state index contributed by atoms with van der Waals surface area (Å²) in [6.07, 6.45) is 2.71. The second-order valence-corrected chi connectivity index (χ2v) is 6.44. The summed E-state index contributed by atoms with van der Waals surface area (Å²) in [7, 11) is 0. The molecule has 1 aromatic heterocycles. The molecular formula is C15H15N3O3S. The molecule has 0 spiro atoms. The molecule has 0 N–H and O–H groups in total. The van der Waals surface area contributed by atoms with E-state index in [-0.39, 0.29) is 17.8 Å². The van der Waals surface area contributed by atoms with Crippen molar-refractivity contribution in [3.8, 4) is 0 Å². The van der Waals surface area contributed by atoms with Crippen molar-refractivity contribution in [1.82, 2.24) is 13.6 Å². The number of aromatic nitrogens is 2. The third kappa shape index (κ3) is 2.56. The molecule has 4 rings (SSSR count). The predicted octanol–water partition coefficient (Wildman–Crippen LogP) is 1.86. The van der Waals surface area contributed by atoms with Crippen molar-refractivity contribution < 1.29 is 14.3 Å². The Morgan fingerprint density at radius 3 is 2.95 bits per heavy atom. The minimum Gasteiger partial charge on any atom is -0.462 e. The highest BCUT2D eigenvalue weighted by Crippen LogP contribution is 2.32. The lowest BCUT2D eigenvalue weighted by atomic mass is 10.1. The molecule has 22 heavy (non-hydrogen) atoms. The molecule has 1 amide bonds. The normalized spacial score (nSPS) is 21.5. The molecule has 1 saturated heterocycles. The van der Waals surface area contributed by atoms with Crippen LogP contribution in [0.2, 0.25) is 0 Å². The third-order valence-corrected chi connectivity index (χ3v) is 4.72. The highest BCUT2D eigenvalue weighted by atomic mass is 32.1. The van der Waals surface area contributed by atoms with Gasteiger partial charge in [-0.15, -0.1) is 0 Å². The van der Waals surface area contributed by atoms with E-state index in [9.17, 15) is 9.59 Å². The molecule has 2 aromatic rings. The molecule has 1 aliphatic carbocycles. The zero-order valence-electron chi connectivity index (χ0n) is 11.9. The van der Waals surface area contributed by atoms with Crippen molar-refractivity contribution in [2.75, 3.05) is 13.2 Å². The zero-order chi connectivity index (χ0) is 15.1. The van der Waals surface area contributed by atoms with Crippen molar-refractivity contribution in [2.24, 2.45) is 5.92 Å². The lowest BCUT2D eigenvalue weighted by molar-refractivity contribution is -0.128. The molecule has 2 fully saturated rings. The molecule has 2 aliphatic rings. The smallest absolute Gasteiger partial charge is 0.338 e. The fourth-order valence-corrected chi connectivity index (χ4v) is 3.36. The van der Waals surface area contributed by atoms with E-state index >= 15 is 0 Å². The number of amides is 1. The minimum absolute atomic E-state index is 0.113. The molecule has 1 aliphatic heterocycles. The predicted molar refractivity (Wildman–Crippen MR) is 80.5 cm³/mol. The second kappa shape index (κ2) is 5.31. The number of hydrogen-bond donors (Lipinski definition) is 0. The average Bonchev–Trinajstić information content (AvgIpc) is 3.13. The first-order valence-electron chi connectivity index (χ1n) is 7.39. The quantitative estimate of drug-likeness (QED) is 0.805. The molecule has 1 aromatic carbocycles. The lowest BCUT2D eigenvalue weighted by Gasteiger charge is -2.15. The Morgan fingerprint density at radius 2 is 2.14 bits per heavy atom. The largest absolute Gasteiger partial charge is 0.462 e. The van der Waals surface area contributed by atoms with E-state index in [4.69, 9.17) is 4.74 Å². The van der Waals surface area contributed by atoms with E-state index in [0.717, 1.165) is 30.1 Å². The number of rotatable bonds is 4. The standard InChI is InChI=1S/C15H15N3O3S/c19-14-5-9(7-18(14)11-2-3-11)8-21-15(20)10-1-4-12-13(6-10)17-22-16-12/h1,4,6,9,11H,2-3,5,7-8H2. The summed E-state index contributed by atoms with van der Waals surface area (Å²) in [5.74, 6) is -0.0625. The maximum absolute atomic E-state index is 12.1. The fraction of sp³-hybridized carbons (Fsp3) is 0.467. The van der Waals surface area contributed by atoms with Gasteiger partial charge in [-0.25, -0.2) is 4.79 Å². The number of ether oxygens (including phenoxy) is 1. The number of carbonyl (C=O) groups excluding carboxylic acids is 2. The van der Waals surface area contributed by atoms with Crippen LogP contribution in [-0.4, -0.2) is 44.7 Å². The maximum atomic E-state index is 12.1. The van der Waals surface area contributed by atoms with Crippen LogP contribution in [-0.2, 0) is 9.53 Å². The van der Waals surface area contributed by atoms with Crippen LogP contribution in [0.5, 0.6) is 0 Å². The molecule has 0 bridgehead atoms. The fourth-order valence-electron chi connectivity index (χ4n) is 2.85. The first kappa shape index (κ1) is 13.6. The van der Waals surface area contributed by atoms with E-state index in [1.54, 1.807) is 18.2 Å². The number of carbonyl (C=O) groups is 2. The minimum atomic E-state index is -0.368. The molecule has 2 heterocycles. The first-order valence-corrected chi connectivity index (χ1v) is 8.12. The number of likely N-dealkylation sites (tertiary alicyclic amines) is 1. The Hall–Kier alpha value is -2.02. The Labute approximate surface area is 131 Å². The van der Waals surface area contributed by atoms with Gasteiger partial charge in [0, 0.05) is 24.9 Å². The topological polar surface area (TPSA) is 72.4 Å². The first-order chi connectivity index (χ1) is 10.7. The van der Waals surface area contributed by atoms with Gasteiger partial charge in [0.15, 0.2) is 0 Å². The van der Waals surface area contributed by atoms with Gasteiger partial charge in [-0.3, -0.25) is 4.79 Å². The summed E-state index contributed by atoms with van der Waals surface area (Å²) in [6, 6.07) is 5.59. The number of fused-ring (bicyclic) bond motifs is 1. The summed E-state index contributed by atoms with van der Waals surface area (Å²) in [6.45, 7) is 1.01. The third-order valence-electron chi connectivity index (χ3n) is 4.17. The summed E-state index contributed by atoms with van der Waals surface area (Å²) in [4.78, 5) is 25.9. The van der Waals surface area contributed by atoms with Crippen molar-refractivity contribution in [3.63, 3.8) is 0 Å². The molecule has 7 heteroatoms. The molecular weight excluding hydrogens is 302 g/mol. The molecule has 1 saturated carbocycles. The van der Waals surface area contributed by atoms with Gasteiger partial charge in [0.1, 0.15) is 11.0 Å². The van der Waals surface area contributed by atoms with Gasteiger partial charge < -0.3 is 9.64 Å². The van der Waals surface area contributed by atoms with Crippen molar-refractivity contribution in [2.45, 2.75) is 25.3 Å². The van der Waals surface area contributed by atoms with Crippen molar-refractivity contribution in [1.29, 1.82) is 0 Å². The summed E-state index contributed by atoms with van der Waals surface area (Å²) in [5.41, 5.74) is 1.96. The Morgan fingerprint density at radius 1 is 1.32 bits per heavy atom. The van der Waals surface area contributed by atoms with Gasteiger partial charge in [-0.1, -0.05) is 0 Å². The van der Waals surface area contributed by atoms with Crippen LogP contribution in [0.25, 0.3) is 11.0 Å². The van der Waals surface area contributed by atoms with Crippen LogP contribution in [0, 0.1) is 5.92 Å². The van der Waals surface area contributed by atoms with Gasteiger partial charge >= 0.3 is 5.97 Å². The Kier molecular flexibility index (Phi) is 3.29. The lowest BCUT2D eigenvalue weighted by Crippen LogP contribution is -2.27. The van der Waals surface area contributed by atoms with Crippen LogP contribution in [0.15, 0.2) is 18.2 Å². The van der Waals surface area contributed by atoms with Crippen LogP contribution in [0.4, 0.5) is 0 Å². The summed E-state index contributed by atoms with van der Waals surface area (Å²) < 4.78 is 13.6. The van der Waals surface area contributed by atoms with E-state index in [1.165, 1.54) is 0 Å². The number of nitrogens with zero attached hydrogens (tertiary/aromatic N) is 3. The van der Waals surface area contributed by atoms with Crippen LogP contribution in [0.3, 0.4) is 0 Å². The molecule has 114 valence electrons. The molecule has 1 unspecified atom stereocenters. The number of esters is 1. The van der Waals surface area contributed by atoms with Gasteiger partial charge in [-0.05, 0) is 31.0 Å². The Balaban J connectivity index is 1.37. The average molecular weight is 317 g/mol. The van der Waals surface area contributed by atoms with Gasteiger partial charge in [0.2, 0.25) is 5.91 Å². The number of benzene rings is 1. The van der Waals surface area contributed by atoms with Gasteiger partial charge in [0.05, 0.1) is 23.9 Å². The van der Waals surface area contributed by atoms with Crippen LogP contribution >= 0.6 is 11.7 Å². The summed E-state index contributed by atoms with van der Waals surface area (Å²) in [5, 5.41) is 0. The highest BCUT2D eigenvalue weighted by molar-refractivity contribution is 7.00. The summed E-state index contributed by atoms with van der Waals surface area (Å²) >= 11 is 1.12. The van der Waals surface area contributed by atoms with E-state index in [1.807, 2.05) is 4.90 Å². The van der Waals surface area contributed by atoms with E-state index < -0.39 is 0 Å². The van der Waals surface area contributed by atoms with Crippen LogP contribution < -0.4 is 0 Å². The molecule has 6 nitrogen and oxygen atoms in total. The molecule has 1 atom stereocenters. The monoisotopic (exact) mass is 317 g/mol. The highest BCUT2D eigenvalue weighted by Gasteiger charge is 2.39. The van der Waals surface area contributed by atoms with Crippen LogP contribution in [0.1, 0.15) is 29.6 Å². The van der Waals surface area contributed by atoms with Gasteiger partial charge in [0.25, 0.3) is 0 Å². The SMILES string of the molecule is O=C(OCC1CC(=O)N(C2CC2)C1)c1ccc2nsnc2c1. The van der Waals surface area contributed by atoms with Gasteiger partial charge in [-0.2, -0.15) is 8.75 Å². The Bertz CT molecular complexity index is 740. The zero-order valence-corrected chi connectivity index (χ0v) is 12.7. The molecule has 0 radical (unpaired) electrons. The number of hydrogen-bond acceptors (Lipinski definition) is 6. The van der Waals surface area contributed by atoms with Crippen molar-refractivity contribution in [3.05, 3.63) is 23.8 Å². The van der Waals surface area contributed by atoms with E-state index in [0.29, 0.717) is 36.7 Å². The second-order valence-electron chi connectivity index (χ2n) is 5.91. The van der Waals surface area contributed by atoms with Crippen molar-refractivity contribution >= 4 is 34.6 Å². The maximum Gasteiger partial charge on any atom is 0.338 e.